The zero-order valence-electron chi connectivity index (χ0n) is 16.4. The molecule has 1 atom stereocenters. The molecule has 3 N–H and O–H groups in total. The molecule has 0 saturated heterocycles. The molecule has 0 amide bonds. The van der Waals surface area contributed by atoms with E-state index in [9.17, 15) is 5.11 Å². The number of aliphatic imine (C=N–C) groups is 1. The molecule has 1 aromatic carbocycles. The summed E-state index contributed by atoms with van der Waals surface area (Å²) in [5, 5.41) is 22.4. The van der Waals surface area contributed by atoms with E-state index in [1.807, 2.05) is 50.5 Å². The number of para-hydroxylation sites is 1. The number of hydrogen-bond donors (Lipinski definition) is 3. The second-order valence-corrected chi connectivity index (χ2v) is 6.72. The second kappa shape index (κ2) is 9.83. The van der Waals surface area contributed by atoms with E-state index in [2.05, 4.69) is 25.7 Å². The van der Waals surface area contributed by atoms with Crippen LogP contribution in [0.5, 0.6) is 0 Å². The molecular formula is C20H27IN6O. The summed E-state index contributed by atoms with van der Waals surface area (Å²) in [6.07, 6.45) is 5.28. The normalized spacial score (nSPS) is 13.6. The summed E-state index contributed by atoms with van der Waals surface area (Å²) in [6.45, 7) is 5.32. The number of pyridine rings is 1. The molecule has 0 aliphatic heterocycles. The van der Waals surface area contributed by atoms with Gasteiger partial charge >= 0.3 is 0 Å². The summed E-state index contributed by atoms with van der Waals surface area (Å²) in [5.41, 5.74) is 1.73. The van der Waals surface area contributed by atoms with Crippen molar-refractivity contribution < 1.29 is 5.11 Å². The molecule has 150 valence electrons. The molecule has 3 aromatic rings. The summed E-state index contributed by atoms with van der Waals surface area (Å²) in [4.78, 5) is 9.13. The molecule has 3 rings (SSSR count). The van der Waals surface area contributed by atoms with E-state index < -0.39 is 5.60 Å². The second-order valence-electron chi connectivity index (χ2n) is 6.72. The van der Waals surface area contributed by atoms with Crippen molar-refractivity contribution in [3.8, 4) is 0 Å². The molecule has 0 bridgehead atoms. The minimum atomic E-state index is -1.05. The van der Waals surface area contributed by atoms with E-state index in [4.69, 9.17) is 0 Å². The largest absolute Gasteiger partial charge is 0.383 e. The van der Waals surface area contributed by atoms with Crippen LogP contribution in [0.25, 0.3) is 10.9 Å². The number of aryl methyl sites for hydroxylation is 1. The van der Waals surface area contributed by atoms with Crippen molar-refractivity contribution in [3.63, 3.8) is 0 Å². The SMILES string of the molecule is CCNC(=NCc1cccc2cccnc12)NCC(C)(O)c1cnn(C)c1.I. The van der Waals surface area contributed by atoms with Crippen molar-refractivity contribution in [2.24, 2.45) is 12.0 Å². The van der Waals surface area contributed by atoms with Crippen LogP contribution in [0, 0.1) is 0 Å². The monoisotopic (exact) mass is 494 g/mol. The molecule has 2 aromatic heterocycles. The average molecular weight is 494 g/mol. The van der Waals surface area contributed by atoms with Crippen LogP contribution in [0.4, 0.5) is 0 Å². The van der Waals surface area contributed by atoms with Crippen LogP contribution in [0.2, 0.25) is 0 Å². The van der Waals surface area contributed by atoms with Crippen molar-refractivity contribution in [2.75, 3.05) is 13.1 Å². The lowest BCUT2D eigenvalue weighted by Crippen LogP contribution is -2.44. The van der Waals surface area contributed by atoms with E-state index in [0.717, 1.165) is 28.6 Å². The first-order chi connectivity index (χ1) is 13.0. The van der Waals surface area contributed by atoms with Crippen molar-refractivity contribution in [3.05, 3.63) is 60.0 Å². The van der Waals surface area contributed by atoms with E-state index in [-0.39, 0.29) is 24.0 Å². The Hall–Kier alpha value is -2.20. The van der Waals surface area contributed by atoms with Crippen LogP contribution in [0.1, 0.15) is 25.0 Å². The van der Waals surface area contributed by atoms with Gasteiger partial charge in [-0.3, -0.25) is 9.67 Å². The quantitative estimate of drug-likeness (QED) is 0.279. The molecule has 28 heavy (non-hydrogen) atoms. The summed E-state index contributed by atoms with van der Waals surface area (Å²) >= 11 is 0. The molecule has 0 aliphatic carbocycles. The van der Waals surface area contributed by atoms with Gasteiger partial charge in [-0.05, 0) is 25.5 Å². The zero-order valence-corrected chi connectivity index (χ0v) is 18.7. The number of halogens is 1. The Morgan fingerprint density at radius 3 is 2.75 bits per heavy atom. The number of nitrogens with zero attached hydrogens (tertiary/aromatic N) is 4. The number of hydrogen-bond acceptors (Lipinski definition) is 4. The average Bonchev–Trinajstić information content (AvgIpc) is 3.11. The lowest BCUT2D eigenvalue weighted by Gasteiger charge is -2.23. The van der Waals surface area contributed by atoms with Gasteiger partial charge in [0.25, 0.3) is 0 Å². The molecule has 8 heteroatoms. The van der Waals surface area contributed by atoms with Crippen LogP contribution >= 0.6 is 24.0 Å². The molecule has 7 nitrogen and oxygen atoms in total. The Labute approximate surface area is 182 Å². The Balaban J connectivity index is 0.00000280. The number of nitrogens with one attached hydrogen (secondary N) is 2. The Morgan fingerprint density at radius 1 is 1.25 bits per heavy atom. The van der Waals surface area contributed by atoms with Gasteiger partial charge in [0.1, 0.15) is 5.60 Å². The maximum absolute atomic E-state index is 10.7. The molecule has 1 unspecified atom stereocenters. The van der Waals surface area contributed by atoms with E-state index in [1.54, 1.807) is 24.0 Å². The fourth-order valence-electron chi connectivity index (χ4n) is 2.86. The van der Waals surface area contributed by atoms with Crippen molar-refractivity contribution in [2.45, 2.75) is 26.0 Å². The molecule has 0 fully saturated rings. The standard InChI is InChI=1S/C20H26N6O.HI/c1-4-21-19(24-14-20(2,27)17-12-25-26(3)13-17)23-11-16-8-5-7-15-9-6-10-22-18(15)16;/h5-10,12-13,27H,4,11,14H2,1-3H3,(H2,21,23,24);1H. The highest BCUT2D eigenvalue weighted by Gasteiger charge is 2.25. The molecule has 0 radical (unpaired) electrons. The summed E-state index contributed by atoms with van der Waals surface area (Å²) in [7, 11) is 1.83. The Kier molecular flexibility index (Phi) is 7.76. The van der Waals surface area contributed by atoms with Gasteiger partial charge in [0.2, 0.25) is 0 Å². The number of aliphatic hydroxyl groups is 1. The van der Waals surface area contributed by atoms with Crippen LogP contribution in [0.15, 0.2) is 53.9 Å². The number of rotatable bonds is 6. The zero-order chi connectivity index (χ0) is 19.3. The minimum Gasteiger partial charge on any atom is -0.383 e. The van der Waals surface area contributed by atoms with Gasteiger partial charge < -0.3 is 15.7 Å². The maximum atomic E-state index is 10.7. The smallest absolute Gasteiger partial charge is 0.191 e. The van der Waals surface area contributed by atoms with E-state index >= 15 is 0 Å². The molecule has 0 spiro atoms. The number of guanidine groups is 1. The molecule has 2 heterocycles. The minimum absolute atomic E-state index is 0. The van der Waals surface area contributed by atoms with Crippen molar-refractivity contribution in [1.29, 1.82) is 0 Å². The van der Waals surface area contributed by atoms with Gasteiger partial charge in [0, 0.05) is 36.9 Å². The third-order valence-corrected chi connectivity index (χ3v) is 4.39. The highest BCUT2D eigenvalue weighted by molar-refractivity contribution is 14.0. The third-order valence-electron chi connectivity index (χ3n) is 4.39. The Bertz CT molecular complexity index is 932. The third kappa shape index (κ3) is 5.41. The van der Waals surface area contributed by atoms with Crippen LogP contribution < -0.4 is 10.6 Å². The fraction of sp³-hybridized carbons (Fsp3) is 0.350. The van der Waals surface area contributed by atoms with Gasteiger partial charge in [-0.2, -0.15) is 5.10 Å². The van der Waals surface area contributed by atoms with E-state index in [1.165, 1.54) is 0 Å². The lowest BCUT2D eigenvalue weighted by atomic mass is 10.00. The molecule has 0 saturated carbocycles. The molecule has 0 aliphatic rings. The number of fused-ring (bicyclic) bond motifs is 1. The van der Waals surface area contributed by atoms with Crippen LogP contribution in [-0.4, -0.2) is 38.9 Å². The topological polar surface area (TPSA) is 87.4 Å². The van der Waals surface area contributed by atoms with Crippen LogP contribution in [-0.2, 0) is 19.2 Å². The van der Waals surface area contributed by atoms with Crippen molar-refractivity contribution in [1.82, 2.24) is 25.4 Å². The number of aromatic nitrogens is 3. The van der Waals surface area contributed by atoms with Gasteiger partial charge in [-0.15, -0.1) is 24.0 Å². The van der Waals surface area contributed by atoms with Gasteiger partial charge in [-0.1, -0.05) is 24.3 Å². The van der Waals surface area contributed by atoms with E-state index in [0.29, 0.717) is 19.0 Å². The van der Waals surface area contributed by atoms with Crippen LogP contribution in [0.3, 0.4) is 0 Å². The summed E-state index contributed by atoms with van der Waals surface area (Å²) < 4.78 is 1.68. The Morgan fingerprint density at radius 2 is 2.04 bits per heavy atom. The lowest BCUT2D eigenvalue weighted by molar-refractivity contribution is 0.0616. The predicted molar refractivity (Wildman–Crippen MR) is 123 cm³/mol. The van der Waals surface area contributed by atoms with Gasteiger partial charge in [-0.25, -0.2) is 4.99 Å². The molecular weight excluding hydrogens is 467 g/mol. The van der Waals surface area contributed by atoms with Gasteiger partial charge in [0.05, 0.1) is 24.8 Å². The van der Waals surface area contributed by atoms with Gasteiger partial charge in [0.15, 0.2) is 5.96 Å². The maximum Gasteiger partial charge on any atom is 0.191 e. The highest BCUT2D eigenvalue weighted by atomic mass is 127. The predicted octanol–water partition coefficient (Wildman–Crippen LogP) is 2.55. The summed E-state index contributed by atoms with van der Waals surface area (Å²) in [6, 6.07) is 10.1. The first-order valence-electron chi connectivity index (χ1n) is 9.06. The number of benzene rings is 1. The van der Waals surface area contributed by atoms with Crippen molar-refractivity contribution >= 4 is 40.8 Å². The first kappa shape index (κ1) is 22.1. The summed E-state index contributed by atoms with van der Waals surface area (Å²) in [5.74, 6) is 0.648. The first-order valence-corrected chi connectivity index (χ1v) is 9.06. The fourth-order valence-corrected chi connectivity index (χ4v) is 2.86. The highest BCUT2D eigenvalue weighted by Crippen LogP contribution is 2.19.